The lowest BCUT2D eigenvalue weighted by Crippen LogP contribution is -2.14. The zero-order valence-electron chi connectivity index (χ0n) is 9.69. The first-order valence-corrected chi connectivity index (χ1v) is 5.63. The molecule has 0 radical (unpaired) electrons. The third kappa shape index (κ3) is 2.81. The molecule has 1 aromatic carbocycles. The molecule has 1 amide bonds. The molecule has 5 nitrogen and oxygen atoms in total. The largest absolute Gasteiger partial charge is 0.454 e. The van der Waals surface area contributed by atoms with Crippen molar-refractivity contribution in [3.8, 4) is 11.5 Å². The average molecular weight is 237 g/mol. The molecular weight excluding hydrogens is 222 g/mol. The molecule has 1 aliphatic heterocycles. The summed E-state index contributed by atoms with van der Waals surface area (Å²) < 4.78 is 15.5. The molecule has 0 bridgehead atoms. The second-order valence-electron chi connectivity index (χ2n) is 3.65. The van der Waals surface area contributed by atoms with Crippen molar-refractivity contribution in [1.82, 2.24) is 0 Å². The Morgan fingerprint density at radius 2 is 2.35 bits per heavy atom. The second-order valence-corrected chi connectivity index (χ2v) is 3.65. The maximum absolute atomic E-state index is 11.5. The van der Waals surface area contributed by atoms with E-state index in [4.69, 9.17) is 14.2 Å². The molecule has 2 rings (SSSR count). The number of anilines is 1. The molecule has 0 fully saturated rings. The standard InChI is InChI=1S/C12H15NO4/c1-2-3-7-15-12(14)13-9-5-4-6-10-11(9)17-8-16-10/h4-6H,2-3,7-8H2,1H3,(H,13,14). The van der Waals surface area contributed by atoms with Crippen LogP contribution in [0.4, 0.5) is 10.5 Å². The van der Waals surface area contributed by atoms with Crippen LogP contribution in [0.25, 0.3) is 0 Å². The van der Waals surface area contributed by atoms with E-state index in [1.165, 1.54) is 0 Å². The van der Waals surface area contributed by atoms with Crippen molar-refractivity contribution in [2.45, 2.75) is 19.8 Å². The average Bonchev–Trinajstić information content (AvgIpc) is 2.78. The van der Waals surface area contributed by atoms with Crippen LogP contribution in [-0.4, -0.2) is 19.5 Å². The molecule has 0 saturated heterocycles. The van der Waals surface area contributed by atoms with Crippen molar-refractivity contribution < 1.29 is 19.0 Å². The molecule has 0 unspecified atom stereocenters. The van der Waals surface area contributed by atoms with E-state index in [2.05, 4.69) is 5.32 Å². The third-order valence-electron chi connectivity index (χ3n) is 2.36. The van der Waals surface area contributed by atoms with Gasteiger partial charge in [0.2, 0.25) is 6.79 Å². The number of rotatable bonds is 4. The molecule has 5 heteroatoms. The Morgan fingerprint density at radius 1 is 1.47 bits per heavy atom. The summed E-state index contributed by atoms with van der Waals surface area (Å²) in [6, 6.07) is 5.32. The van der Waals surface area contributed by atoms with E-state index < -0.39 is 6.09 Å². The number of para-hydroxylation sites is 1. The van der Waals surface area contributed by atoms with Crippen LogP contribution in [0, 0.1) is 0 Å². The molecule has 1 heterocycles. The summed E-state index contributed by atoms with van der Waals surface area (Å²) in [5, 5.41) is 2.64. The van der Waals surface area contributed by atoms with E-state index in [1.54, 1.807) is 18.2 Å². The lowest BCUT2D eigenvalue weighted by atomic mass is 10.3. The zero-order valence-corrected chi connectivity index (χ0v) is 9.69. The summed E-state index contributed by atoms with van der Waals surface area (Å²) >= 11 is 0. The van der Waals surface area contributed by atoms with Crippen molar-refractivity contribution in [2.75, 3.05) is 18.7 Å². The highest BCUT2D eigenvalue weighted by Crippen LogP contribution is 2.38. The maximum Gasteiger partial charge on any atom is 0.411 e. The van der Waals surface area contributed by atoms with Crippen molar-refractivity contribution in [3.05, 3.63) is 18.2 Å². The van der Waals surface area contributed by atoms with Gasteiger partial charge in [0.1, 0.15) is 0 Å². The molecule has 0 spiro atoms. The van der Waals surface area contributed by atoms with Gasteiger partial charge < -0.3 is 14.2 Å². The third-order valence-corrected chi connectivity index (χ3v) is 2.36. The van der Waals surface area contributed by atoms with Gasteiger partial charge in [0, 0.05) is 0 Å². The molecule has 0 atom stereocenters. The summed E-state index contributed by atoms with van der Waals surface area (Å²) in [4.78, 5) is 11.5. The van der Waals surface area contributed by atoms with Gasteiger partial charge in [-0.2, -0.15) is 0 Å². The lowest BCUT2D eigenvalue weighted by molar-refractivity contribution is 0.159. The van der Waals surface area contributed by atoms with Gasteiger partial charge in [-0.05, 0) is 18.6 Å². The number of hydrogen-bond acceptors (Lipinski definition) is 4. The van der Waals surface area contributed by atoms with Crippen LogP contribution in [-0.2, 0) is 4.74 Å². The quantitative estimate of drug-likeness (QED) is 0.818. The lowest BCUT2D eigenvalue weighted by Gasteiger charge is -2.08. The van der Waals surface area contributed by atoms with Gasteiger partial charge in [-0.3, -0.25) is 5.32 Å². The number of benzene rings is 1. The van der Waals surface area contributed by atoms with Crippen LogP contribution in [0.2, 0.25) is 0 Å². The van der Waals surface area contributed by atoms with Crippen molar-refractivity contribution in [2.24, 2.45) is 0 Å². The van der Waals surface area contributed by atoms with Crippen LogP contribution < -0.4 is 14.8 Å². The van der Waals surface area contributed by atoms with Crippen molar-refractivity contribution >= 4 is 11.8 Å². The molecule has 0 saturated carbocycles. The van der Waals surface area contributed by atoms with Gasteiger partial charge in [-0.25, -0.2) is 4.79 Å². The molecule has 1 aromatic rings. The summed E-state index contributed by atoms with van der Waals surface area (Å²) in [7, 11) is 0. The fraction of sp³-hybridized carbons (Fsp3) is 0.417. The van der Waals surface area contributed by atoms with E-state index >= 15 is 0 Å². The topological polar surface area (TPSA) is 56.8 Å². The first-order valence-electron chi connectivity index (χ1n) is 5.63. The van der Waals surface area contributed by atoms with Crippen LogP contribution in [0.15, 0.2) is 18.2 Å². The van der Waals surface area contributed by atoms with E-state index in [0.29, 0.717) is 23.8 Å². The number of carbonyl (C=O) groups is 1. The van der Waals surface area contributed by atoms with Crippen molar-refractivity contribution in [3.63, 3.8) is 0 Å². The number of nitrogens with one attached hydrogen (secondary N) is 1. The van der Waals surface area contributed by atoms with E-state index in [0.717, 1.165) is 12.8 Å². The Kier molecular flexibility index (Phi) is 3.69. The van der Waals surface area contributed by atoms with Crippen molar-refractivity contribution in [1.29, 1.82) is 0 Å². The minimum Gasteiger partial charge on any atom is -0.454 e. The summed E-state index contributed by atoms with van der Waals surface area (Å²) in [5.74, 6) is 1.19. The predicted molar refractivity (Wildman–Crippen MR) is 62.4 cm³/mol. The smallest absolute Gasteiger partial charge is 0.411 e. The first kappa shape index (κ1) is 11.6. The number of ether oxygens (including phenoxy) is 3. The second kappa shape index (κ2) is 5.43. The minimum atomic E-state index is -0.470. The first-order chi connectivity index (χ1) is 8.31. The fourth-order valence-electron chi connectivity index (χ4n) is 1.48. The van der Waals surface area contributed by atoms with E-state index in [1.807, 2.05) is 6.92 Å². The van der Waals surface area contributed by atoms with Gasteiger partial charge in [0.25, 0.3) is 0 Å². The highest BCUT2D eigenvalue weighted by Gasteiger charge is 2.18. The molecular formula is C12H15NO4. The molecule has 1 N–H and O–H groups in total. The Bertz CT molecular complexity index is 405. The van der Waals surface area contributed by atoms with Gasteiger partial charge in [-0.1, -0.05) is 19.4 Å². The van der Waals surface area contributed by atoms with Crippen LogP contribution in [0.1, 0.15) is 19.8 Å². The van der Waals surface area contributed by atoms with Gasteiger partial charge >= 0.3 is 6.09 Å². The molecule has 17 heavy (non-hydrogen) atoms. The summed E-state index contributed by atoms with van der Waals surface area (Å²) in [6.07, 6.45) is 1.38. The molecule has 92 valence electrons. The number of unbranched alkanes of at least 4 members (excludes halogenated alkanes) is 1. The Hall–Kier alpha value is -1.91. The SMILES string of the molecule is CCCCOC(=O)Nc1cccc2c1OCO2. The van der Waals surface area contributed by atoms with E-state index in [-0.39, 0.29) is 6.79 Å². The van der Waals surface area contributed by atoms with Crippen LogP contribution in [0.5, 0.6) is 11.5 Å². The number of hydrogen-bond donors (Lipinski definition) is 1. The van der Waals surface area contributed by atoms with E-state index in [9.17, 15) is 4.79 Å². The fourth-order valence-corrected chi connectivity index (χ4v) is 1.48. The Morgan fingerprint density at radius 3 is 3.18 bits per heavy atom. The molecule has 0 aliphatic carbocycles. The van der Waals surface area contributed by atoms with Gasteiger partial charge in [0.05, 0.1) is 12.3 Å². The molecule has 1 aliphatic rings. The zero-order chi connectivity index (χ0) is 12.1. The number of amides is 1. The van der Waals surface area contributed by atoms with Crippen LogP contribution in [0.3, 0.4) is 0 Å². The number of carbonyl (C=O) groups excluding carboxylic acids is 1. The Balaban J connectivity index is 1.95. The summed E-state index contributed by atoms with van der Waals surface area (Å²) in [5.41, 5.74) is 0.571. The normalized spacial score (nSPS) is 12.3. The summed E-state index contributed by atoms with van der Waals surface area (Å²) in [6.45, 7) is 2.64. The van der Waals surface area contributed by atoms with Crippen LogP contribution >= 0.6 is 0 Å². The highest BCUT2D eigenvalue weighted by atomic mass is 16.7. The number of fused-ring (bicyclic) bond motifs is 1. The highest BCUT2D eigenvalue weighted by molar-refractivity contribution is 5.87. The minimum absolute atomic E-state index is 0.179. The Labute approximate surface area is 99.7 Å². The van der Waals surface area contributed by atoms with Gasteiger partial charge in [0.15, 0.2) is 11.5 Å². The monoisotopic (exact) mass is 237 g/mol. The van der Waals surface area contributed by atoms with Gasteiger partial charge in [-0.15, -0.1) is 0 Å². The maximum atomic E-state index is 11.5. The predicted octanol–water partition coefficient (Wildman–Crippen LogP) is 2.76. The molecule has 0 aromatic heterocycles.